The number of rotatable bonds is 37. The molecule has 0 aliphatic carbocycles. The quantitative estimate of drug-likeness (QED) is 0.0352. The fraction of sp³-hybridized carbons (Fsp3) is 0.829. The monoisotopic (exact) mass is 794 g/mol. The summed E-state index contributed by atoms with van der Waals surface area (Å²) in [6.07, 6.45) is 14.6. The maximum absolute atomic E-state index is 12.3. The van der Waals surface area contributed by atoms with E-state index in [0.29, 0.717) is 52.0 Å². The first-order valence-electron chi connectivity index (χ1n) is 18.5. The highest BCUT2D eigenvalue weighted by molar-refractivity contribution is 9.09. The van der Waals surface area contributed by atoms with Crippen LogP contribution in [0.3, 0.4) is 0 Å². The number of nitrogens with one attached hydrogen (secondary N) is 4. The minimum atomic E-state index is -1.18. The summed E-state index contributed by atoms with van der Waals surface area (Å²) < 4.78 is 10.9. The van der Waals surface area contributed by atoms with Gasteiger partial charge in [0.15, 0.2) is 0 Å². The van der Waals surface area contributed by atoms with E-state index in [-0.39, 0.29) is 68.5 Å². The van der Waals surface area contributed by atoms with E-state index in [1.807, 2.05) is 0 Å². The number of hydrogen-bond donors (Lipinski definition) is 7. The number of aliphatic carboxylic acids is 3. The van der Waals surface area contributed by atoms with Gasteiger partial charge in [-0.15, -0.1) is 0 Å². The van der Waals surface area contributed by atoms with E-state index in [1.165, 1.54) is 19.3 Å². The average Bonchev–Trinajstić information content (AvgIpc) is 3.09. The first-order valence-corrected chi connectivity index (χ1v) is 19.6. The van der Waals surface area contributed by atoms with Crippen LogP contribution in [-0.2, 0) is 38.2 Å². The van der Waals surface area contributed by atoms with Gasteiger partial charge in [-0.3, -0.25) is 24.0 Å². The lowest BCUT2D eigenvalue weighted by atomic mass is 10.0. The van der Waals surface area contributed by atoms with Crippen molar-refractivity contribution in [3.05, 3.63) is 0 Å². The van der Waals surface area contributed by atoms with Crippen molar-refractivity contribution in [2.45, 2.75) is 134 Å². The molecule has 0 aliphatic rings. The van der Waals surface area contributed by atoms with E-state index in [1.54, 1.807) is 0 Å². The van der Waals surface area contributed by atoms with Gasteiger partial charge in [-0.25, -0.2) is 4.79 Å². The number of carboxylic acids is 3. The van der Waals surface area contributed by atoms with Gasteiger partial charge in [-0.2, -0.15) is 0 Å². The predicted octanol–water partition coefficient (Wildman–Crippen LogP) is 3.76. The molecule has 0 fully saturated rings. The lowest BCUT2D eigenvalue weighted by Crippen LogP contribution is -2.41. The van der Waals surface area contributed by atoms with Crippen molar-refractivity contribution in [1.82, 2.24) is 21.3 Å². The minimum absolute atomic E-state index is 0.0175. The van der Waals surface area contributed by atoms with Gasteiger partial charge in [0.05, 0.1) is 31.8 Å². The highest BCUT2D eigenvalue weighted by Crippen LogP contribution is 2.13. The molecule has 7 N–H and O–H groups in total. The van der Waals surface area contributed by atoms with Gasteiger partial charge in [-0.05, 0) is 38.5 Å². The van der Waals surface area contributed by atoms with Gasteiger partial charge in [0.2, 0.25) is 17.7 Å². The maximum Gasteiger partial charge on any atom is 0.326 e. The normalized spacial score (nSPS) is 12.2. The van der Waals surface area contributed by atoms with E-state index in [4.69, 9.17) is 14.6 Å². The fourth-order valence-electron chi connectivity index (χ4n) is 5.17. The van der Waals surface area contributed by atoms with Gasteiger partial charge >= 0.3 is 17.9 Å². The minimum Gasteiger partial charge on any atom is -0.481 e. The molecule has 0 heterocycles. The first-order chi connectivity index (χ1) is 24.6. The van der Waals surface area contributed by atoms with Crippen molar-refractivity contribution < 1.29 is 53.6 Å². The molecule has 3 amide bonds. The predicted molar refractivity (Wildman–Crippen MR) is 196 cm³/mol. The number of halogens is 1. The summed E-state index contributed by atoms with van der Waals surface area (Å²) in [5.41, 5.74) is 0. The van der Waals surface area contributed by atoms with E-state index in [0.717, 1.165) is 51.4 Å². The second kappa shape index (κ2) is 34.3. The molecule has 0 spiro atoms. The number of unbranched alkanes of at least 4 members (excludes halogenated alkanes) is 12. The van der Waals surface area contributed by atoms with Crippen molar-refractivity contribution in [1.29, 1.82) is 0 Å². The number of carbonyl (C=O) groups is 6. The Morgan fingerprint density at radius 3 is 1.53 bits per heavy atom. The van der Waals surface area contributed by atoms with Crippen LogP contribution in [0.1, 0.15) is 122 Å². The van der Waals surface area contributed by atoms with Crippen molar-refractivity contribution in [3.63, 3.8) is 0 Å². The third kappa shape index (κ3) is 32.8. The van der Waals surface area contributed by atoms with Crippen LogP contribution in [-0.4, -0.2) is 114 Å². The highest BCUT2D eigenvalue weighted by Gasteiger charge is 2.21. The second-order valence-corrected chi connectivity index (χ2v) is 13.1. The Hall–Kier alpha value is -2.82. The van der Waals surface area contributed by atoms with Gasteiger partial charge in [0.1, 0.15) is 12.1 Å². The van der Waals surface area contributed by atoms with Gasteiger partial charge in [0.25, 0.3) is 0 Å². The summed E-state index contributed by atoms with van der Waals surface area (Å²) in [6.45, 7) is 2.21. The number of carboxylic acid groups (broad SMARTS) is 3. The molecule has 0 radical (unpaired) electrons. The van der Waals surface area contributed by atoms with Crippen molar-refractivity contribution in [3.8, 4) is 0 Å². The molecule has 51 heavy (non-hydrogen) atoms. The fourth-order valence-corrected chi connectivity index (χ4v) is 5.37. The van der Waals surface area contributed by atoms with Crippen LogP contribution >= 0.6 is 15.9 Å². The molecule has 2 atom stereocenters. The molecule has 16 heteroatoms. The summed E-state index contributed by atoms with van der Waals surface area (Å²) in [4.78, 5) is 69.1. The topological polar surface area (TPSA) is 230 Å². The maximum atomic E-state index is 12.3. The molecular formula is C35H63BrN4O11. The molecule has 0 aromatic carbocycles. The summed E-state index contributed by atoms with van der Waals surface area (Å²) in [7, 11) is 0. The molecule has 0 aliphatic heterocycles. The van der Waals surface area contributed by atoms with Crippen LogP contribution in [0, 0.1) is 0 Å². The van der Waals surface area contributed by atoms with Crippen molar-refractivity contribution in [2.75, 3.05) is 51.4 Å². The van der Waals surface area contributed by atoms with Gasteiger partial charge < -0.3 is 46.1 Å². The Morgan fingerprint density at radius 2 is 1.00 bits per heavy atom. The molecule has 2 unspecified atom stereocenters. The van der Waals surface area contributed by atoms with Gasteiger partial charge in [0, 0.05) is 38.9 Å². The number of ether oxygens (including phenoxy) is 2. The molecule has 0 aromatic heterocycles. The van der Waals surface area contributed by atoms with Crippen LogP contribution in [0.25, 0.3) is 0 Å². The number of amides is 3. The molecule has 296 valence electrons. The molecule has 0 bridgehead atoms. The van der Waals surface area contributed by atoms with Crippen LogP contribution in [0.2, 0.25) is 0 Å². The lowest BCUT2D eigenvalue weighted by molar-refractivity contribution is -0.142. The Labute approximate surface area is 311 Å². The Bertz CT molecular complexity index is 974. The molecule has 0 saturated carbocycles. The van der Waals surface area contributed by atoms with Crippen LogP contribution in [0.5, 0.6) is 0 Å². The van der Waals surface area contributed by atoms with Crippen molar-refractivity contribution in [2.24, 2.45) is 0 Å². The standard InChI is InChI=1S/C35H63BrN4O11/c36-27-32(43)38-20-14-13-15-28(34(46)47)37-21-23-50-25-26-51-24-22-39-30(41)19-18-29(35(48)49)40-31(42)16-11-9-7-5-3-1-2-4-6-8-10-12-17-33(44)45/h28-29,37H,1-27H2,(H,38,43)(H,39,41)(H,40,42)(H,44,45)(H,46,47)(H,48,49). The molecule has 0 aromatic rings. The van der Waals surface area contributed by atoms with E-state index < -0.39 is 30.0 Å². The van der Waals surface area contributed by atoms with Crippen LogP contribution in [0.4, 0.5) is 0 Å². The molecule has 15 nitrogen and oxygen atoms in total. The van der Waals surface area contributed by atoms with Crippen LogP contribution in [0.15, 0.2) is 0 Å². The van der Waals surface area contributed by atoms with E-state index >= 15 is 0 Å². The number of hydrogen-bond acceptors (Lipinski definition) is 9. The Kier molecular flexibility index (Phi) is 32.4. The second-order valence-electron chi connectivity index (χ2n) is 12.5. The Morgan fingerprint density at radius 1 is 0.490 bits per heavy atom. The SMILES string of the molecule is O=C(O)CCCCCCCCCCCCCCC(=O)NC(CCC(=O)NCCOCCOCCNC(CCCCNC(=O)CBr)C(=O)O)C(=O)O. The summed E-state index contributed by atoms with van der Waals surface area (Å²) >= 11 is 3.06. The molecule has 0 saturated heterocycles. The average molecular weight is 796 g/mol. The molecular weight excluding hydrogens is 732 g/mol. The lowest BCUT2D eigenvalue weighted by Gasteiger charge is -2.15. The zero-order valence-corrected chi connectivity index (χ0v) is 31.8. The zero-order chi connectivity index (χ0) is 38.0. The first kappa shape index (κ1) is 48.2. The summed E-state index contributed by atoms with van der Waals surface area (Å²) in [5, 5.41) is 38.5. The third-order valence-corrected chi connectivity index (χ3v) is 8.59. The largest absolute Gasteiger partial charge is 0.481 e. The third-order valence-electron chi connectivity index (χ3n) is 8.08. The highest BCUT2D eigenvalue weighted by atomic mass is 79.9. The van der Waals surface area contributed by atoms with Gasteiger partial charge in [-0.1, -0.05) is 80.1 Å². The smallest absolute Gasteiger partial charge is 0.326 e. The zero-order valence-electron chi connectivity index (χ0n) is 30.2. The van der Waals surface area contributed by atoms with E-state index in [9.17, 15) is 39.0 Å². The number of carbonyl (C=O) groups excluding carboxylic acids is 3. The number of alkyl halides is 1. The van der Waals surface area contributed by atoms with E-state index in [2.05, 4.69) is 37.2 Å². The van der Waals surface area contributed by atoms with Crippen molar-refractivity contribution >= 4 is 51.6 Å². The Balaban J connectivity index is 3.78. The van der Waals surface area contributed by atoms with Crippen LogP contribution < -0.4 is 21.3 Å². The summed E-state index contributed by atoms with van der Waals surface area (Å²) in [6, 6.07) is -1.83. The summed E-state index contributed by atoms with van der Waals surface area (Å²) in [5.74, 6) is -3.62. The molecule has 0 rings (SSSR count).